The lowest BCUT2D eigenvalue weighted by Crippen LogP contribution is -2.46. The summed E-state index contributed by atoms with van der Waals surface area (Å²) in [6.07, 6.45) is 3.17. The van der Waals surface area contributed by atoms with Crippen LogP contribution in [0.4, 0.5) is 0 Å². The molecule has 1 aromatic rings. The molecule has 2 rings (SSSR count). The molecule has 1 aliphatic rings. The summed E-state index contributed by atoms with van der Waals surface area (Å²) in [6.45, 7) is 7.04. The number of hydrogen-bond donors (Lipinski definition) is 1. The van der Waals surface area contributed by atoms with Crippen LogP contribution in [-0.4, -0.2) is 36.5 Å². The number of carbonyl (C=O) groups is 1. The molecule has 1 N–H and O–H groups in total. The summed E-state index contributed by atoms with van der Waals surface area (Å²) in [6, 6.07) is 8.39. The van der Waals surface area contributed by atoms with Gasteiger partial charge < -0.3 is 10.2 Å². The Morgan fingerprint density at radius 2 is 2.11 bits per heavy atom. The minimum atomic E-state index is 0.193. The summed E-state index contributed by atoms with van der Waals surface area (Å²) in [5.41, 5.74) is 2.08. The smallest absolute Gasteiger partial charge is 0.254 e. The summed E-state index contributed by atoms with van der Waals surface area (Å²) >= 11 is 0. The molecule has 0 spiro atoms. The number of rotatable bonds is 6. The van der Waals surface area contributed by atoms with Crippen molar-refractivity contribution in [2.24, 2.45) is 0 Å². The molecular formula is C16H24N2O. The Morgan fingerprint density at radius 3 is 2.84 bits per heavy atom. The number of nitrogens with zero attached hydrogens (tertiary/aromatic N) is 1. The quantitative estimate of drug-likeness (QED) is 0.852. The summed E-state index contributed by atoms with van der Waals surface area (Å²) in [7, 11) is 0. The number of fused-ring (bicyclic) bond motifs is 1. The molecule has 0 aliphatic carbocycles. The highest BCUT2D eigenvalue weighted by molar-refractivity contribution is 5.96. The van der Waals surface area contributed by atoms with Crippen molar-refractivity contribution >= 4 is 5.91 Å². The van der Waals surface area contributed by atoms with E-state index in [9.17, 15) is 4.79 Å². The highest BCUT2D eigenvalue weighted by Crippen LogP contribution is 2.18. The molecule has 19 heavy (non-hydrogen) atoms. The SMILES string of the molecule is CCCNC(CC)CN1CCc2ccccc2C1=O. The van der Waals surface area contributed by atoms with Crippen LogP contribution >= 0.6 is 0 Å². The zero-order valence-corrected chi connectivity index (χ0v) is 12.0. The van der Waals surface area contributed by atoms with E-state index in [0.29, 0.717) is 6.04 Å². The molecule has 1 heterocycles. The van der Waals surface area contributed by atoms with Crippen molar-refractivity contribution in [3.63, 3.8) is 0 Å². The van der Waals surface area contributed by atoms with Crippen molar-refractivity contribution in [2.45, 2.75) is 39.2 Å². The Hall–Kier alpha value is -1.35. The predicted octanol–water partition coefficient (Wildman–Crippen LogP) is 2.46. The van der Waals surface area contributed by atoms with Crippen LogP contribution in [0.15, 0.2) is 24.3 Å². The maximum absolute atomic E-state index is 12.4. The number of amides is 1. The van der Waals surface area contributed by atoms with Gasteiger partial charge in [0, 0.05) is 24.7 Å². The topological polar surface area (TPSA) is 32.3 Å². The highest BCUT2D eigenvalue weighted by Gasteiger charge is 2.25. The van der Waals surface area contributed by atoms with E-state index in [4.69, 9.17) is 0 Å². The minimum Gasteiger partial charge on any atom is -0.337 e. The highest BCUT2D eigenvalue weighted by atomic mass is 16.2. The molecule has 1 amide bonds. The second-order valence-corrected chi connectivity index (χ2v) is 5.22. The molecule has 3 heteroatoms. The summed E-state index contributed by atoms with van der Waals surface area (Å²) in [5.74, 6) is 0.193. The molecule has 104 valence electrons. The van der Waals surface area contributed by atoms with Crippen LogP contribution in [0.3, 0.4) is 0 Å². The van der Waals surface area contributed by atoms with Gasteiger partial charge in [-0.15, -0.1) is 0 Å². The van der Waals surface area contributed by atoms with Gasteiger partial charge >= 0.3 is 0 Å². The second-order valence-electron chi connectivity index (χ2n) is 5.22. The van der Waals surface area contributed by atoms with E-state index in [-0.39, 0.29) is 5.91 Å². The largest absolute Gasteiger partial charge is 0.337 e. The van der Waals surface area contributed by atoms with Gasteiger partial charge in [-0.3, -0.25) is 4.79 Å². The van der Waals surface area contributed by atoms with Crippen LogP contribution < -0.4 is 5.32 Å². The van der Waals surface area contributed by atoms with Crippen LogP contribution in [0.1, 0.15) is 42.6 Å². The molecule has 0 saturated heterocycles. The van der Waals surface area contributed by atoms with Gasteiger partial charge in [-0.2, -0.15) is 0 Å². The Kier molecular flexibility index (Phi) is 4.97. The van der Waals surface area contributed by atoms with Crippen LogP contribution in [0.2, 0.25) is 0 Å². The van der Waals surface area contributed by atoms with E-state index in [1.807, 2.05) is 23.1 Å². The van der Waals surface area contributed by atoms with Gasteiger partial charge in [0.25, 0.3) is 5.91 Å². The fourth-order valence-electron chi connectivity index (χ4n) is 2.60. The third-order valence-corrected chi connectivity index (χ3v) is 3.80. The van der Waals surface area contributed by atoms with Crippen molar-refractivity contribution in [2.75, 3.05) is 19.6 Å². The van der Waals surface area contributed by atoms with Crippen molar-refractivity contribution < 1.29 is 4.79 Å². The standard InChI is InChI=1S/C16H24N2O/c1-3-10-17-14(4-2)12-18-11-9-13-7-5-6-8-15(13)16(18)19/h5-8,14,17H,3-4,9-12H2,1-2H3. The zero-order chi connectivity index (χ0) is 13.7. The van der Waals surface area contributed by atoms with E-state index in [2.05, 4.69) is 25.2 Å². The molecular weight excluding hydrogens is 236 g/mol. The molecule has 0 aromatic heterocycles. The Balaban J connectivity index is 2.01. The van der Waals surface area contributed by atoms with Crippen LogP contribution in [0, 0.1) is 0 Å². The summed E-state index contributed by atoms with van der Waals surface area (Å²) < 4.78 is 0. The second kappa shape index (κ2) is 6.71. The van der Waals surface area contributed by atoms with Crippen molar-refractivity contribution in [3.05, 3.63) is 35.4 Å². The van der Waals surface area contributed by atoms with Crippen molar-refractivity contribution in [1.29, 1.82) is 0 Å². The third kappa shape index (κ3) is 3.35. The number of nitrogens with one attached hydrogen (secondary N) is 1. The van der Waals surface area contributed by atoms with Crippen LogP contribution in [0.25, 0.3) is 0 Å². The first-order chi connectivity index (χ1) is 9.26. The van der Waals surface area contributed by atoms with Gasteiger partial charge in [0.05, 0.1) is 0 Å². The van der Waals surface area contributed by atoms with E-state index in [1.165, 1.54) is 5.56 Å². The number of carbonyl (C=O) groups excluding carboxylic acids is 1. The predicted molar refractivity (Wildman–Crippen MR) is 78.4 cm³/mol. The monoisotopic (exact) mass is 260 g/mol. The molecule has 0 bridgehead atoms. The van der Waals surface area contributed by atoms with E-state index >= 15 is 0 Å². The van der Waals surface area contributed by atoms with E-state index < -0.39 is 0 Å². The molecule has 1 unspecified atom stereocenters. The summed E-state index contributed by atoms with van der Waals surface area (Å²) in [5, 5.41) is 3.52. The Morgan fingerprint density at radius 1 is 1.32 bits per heavy atom. The summed E-state index contributed by atoms with van der Waals surface area (Å²) in [4.78, 5) is 14.4. The normalized spacial score (nSPS) is 16.3. The first kappa shape index (κ1) is 14.1. The van der Waals surface area contributed by atoms with E-state index in [1.54, 1.807) is 0 Å². The molecule has 1 aromatic carbocycles. The lowest BCUT2D eigenvalue weighted by Gasteiger charge is -2.32. The van der Waals surface area contributed by atoms with Crippen LogP contribution in [0.5, 0.6) is 0 Å². The van der Waals surface area contributed by atoms with Crippen LogP contribution in [-0.2, 0) is 6.42 Å². The van der Waals surface area contributed by atoms with Crippen molar-refractivity contribution in [3.8, 4) is 0 Å². The molecule has 0 fully saturated rings. The first-order valence-corrected chi connectivity index (χ1v) is 7.36. The average Bonchev–Trinajstić information content (AvgIpc) is 2.46. The molecule has 1 atom stereocenters. The van der Waals surface area contributed by atoms with E-state index in [0.717, 1.165) is 44.5 Å². The maximum Gasteiger partial charge on any atom is 0.254 e. The van der Waals surface area contributed by atoms with Gasteiger partial charge in [0.1, 0.15) is 0 Å². The average molecular weight is 260 g/mol. The third-order valence-electron chi connectivity index (χ3n) is 3.80. The number of benzene rings is 1. The lowest BCUT2D eigenvalue weighted by atomic mass is 9.98. The lowest BCUT2D eigenvalue weighted by molar-refractivity contribution is 0.0721. The molecule has 0 radical (unpaired) electrons. The van der Waals surface area contributed by atoms with Gasteiger partial charge in [-0.25, -0.2) is 0 Å². The molecule has 1 aliphatic heterocycles. The number of hydrogen-bond acceptors (Lipinski definition) is 2. The fraction of sp³-hybridized carbons (Fsp3) is 0.562. The maximum atomic E-state index is 12.4. The zero-order valence-electron chi connectivity index (χ0n) is 12.0. The molecule has 0 saturated carbocycles. The minimum absolute atomic E-state index is 0.193. The Bertz CT molecular complexity index is 431. The molecule has 3 nitrogen and oxygen atoms in total. The fourth-order valence-corrected chi connectivity index (χ4v) is 2.60. The Labute approximate surface area is 116 Å². The van der Waals surface area contributed by atoms with Gasteiger partial charge in [-0.05, 0) is 37.4 Å². The first-order valence-electron chi connectivity index (χ1n) is 7.36. The van der Waals surface area contributed by atoms with Gasteiger partial charge in [-0.1, -0.05) is 32.0 Å². The van der Waals surface area contributed by atoms with Gasteiger partial charge in [0.15, 0.2) is 0 Å². The van der Waals surface area contributed by atoms with Crippen molar-refractivity contribution in [1.82, 2.24) is 10.2 Å². The van der Waals surface area contributed by atoms with Gasteiger partial charge in [0.2, 0.25) is 0 Å².